The molecule has 0 bridgehead atoms. The fourth-order valence-corrected chi connectivity index (χ4v) is 3.92. The molecule has 1 unspecified atom stereocenters. The van der Waals surface area contributed by atoms with Gasteiger partial charge in [0.05, 0.1) is 11.5 Å². The molecule has 1 atom stereocenters. The van der Waals surface area contributed by atoms with Crippen molar-refractivity contribution in [2.45, 2.75) is 26.3 Å². The van der Waals surface area contributed by atoms with E-state index < -0.39 is 35.1 Å². The number of carboxylic acids is 1. The Labute approximate surface area is 218 Å². The van der Waals surface area contributed by atoms with Crippen LogP contribution in [0.15, 0.2) is 67.1 Å². The molecule has 0 saturated heterocycles. The van der Waals surface area contributed by atoms with Crippen LogP contribution in [0.3, 0.4) is 0 Å². The highest BCUT2D eigenvalue weighted by Crippen LogP contribution is 2.30. The summed E-state index contributed by atoms with van der Waals surface area (Å²) in [6, 6.07) is 15.8. The average Bonchev–Trinajstić information content (AvgIpc) is 2.90. The van der Waals surface area contributed by atoms with Gasteiger partial charge in [0.15, 0.2) is 0 Å². The molecule has 10 heteroatoms. The number of pyridine rings is 1. The molecule has 38 heavy (non-hydrogen) atoms. The second-order valence-corrected chi connectivity index (χ2v) is 9.44. The van der Waals surface area contributed by atoms with Crippen LogP contribution in [-0.2, 0) is 10.3 Å². The van der Waals surface area contributed by atoms with E-state index in [0.717, 1.165) is 33.7 Å². The number of nitrogens with zero attached hydrogens (tertiary/aromatic N) is 3. The van der Waals surface area contributed by atoms with Crippen LogP contribution < -0.4 is 10.6 Å². The number of rotatable bonds is 8. The minimum Gasteiger partial charge on any atom is -0.493 e. The lowest BCUT2D eigenvalue weighted by Gasteiger charge is -2.27. The van der Waals surface area contributed by atoms with Gasteiger partial charge < -0.3 is 20.8 Å². The summed E-state index contributed by atoms with van der Waals surface area (Å²) < 4.78 is 0. The number of nitrogens with one attached hydrogen (secondary N) is 2. The van der Waals surface area contributed by atoms with E-state index in [4.69, 9.17) is 5.11 Å². The van der Waals surface area contributed by atoms with Crippen LogP contribution in [0.2, 0.25) is 0 Å². The molecule has 2 amide bonds. The zero-order valence-electron chi connectivity index (χ0n) is 21.1. The SMILES string of the molecule is CC(CNC(=O)c1ncc(C(=O)NC(C)(C)c2ccc(-c3cccc4cnccc34)cc2)c(O)n1)C(=O)O. The van der Waals surface area contributed by atoms with E-state index in [9.17, 15) is 19.5 Å². The van der Waals surface area contributed by atoms with Crippen LogP contribution in [0.25, 0.3) is 21.9 Å². The van der Waals surface area contributed by atoms with Gasteiger partial charge in [-0.3, -0.25) is 19.4 Å². The summed E-state index contributed by atoms with van der Waals surface area (Å²) in [5.41, 5.74) is 1.91. The fraction of sp³-hybridized carbons (Fsp3) is 0.214. The average molecular weight is 514 g/mol. The van der Waals surface area contributed by atoms with E-state index >= 15 is 0 Å². The molecule has 194 valence electrons. The maximum Gasteiger partial charge on any atom is 0.308 e. The Hall–Kier alpha value is -4.86. The summed E-state index contributed by atoms with van der Waals surface area (Å²) in [7, 11) is 0. The number of amides is 2. The first-order chi connectivity index (χ1) is 18.1. The van der Waals surface area contributed by atoms with Crippen molar-refractivity contribution >= 4 is 28.6 Å². The number of hydrogen-bond donors (Lipinski definition) is 4. The second kappa shape index (κ2) is 10.6. The zero-order valence-corrected chi connectivity index (χ0v) is 21.1. The normalized spacial score (nSPS) is 12.1. The van der Waals surface area contributed by atoms with Gasteiger partial charge in [0.2, 0.25) is 11.7 Å². The van der Waals surface area contributed by atoms with E-state index in [1.807, 2.05) is 68.6 Å². The van der Waals surface area contributed by atoms with Gasteiger partial charge in [-0.2, -0.15) is 4.98 Å². The molecule has 4 rings (SSSR count). The van der Waals surface area contributed by atoms with Crippen molar-refractivity contribution in [1.29, 1.82) is 0 Å². The van der Waals surface area contributed by atoms with Crippen molar-refractivity contribution in [3.8, 4) is 17.0 Å². The Bertz CT molecular complexity index is 1510. The second-order valence-electron chi connectivity index (χ2n) is 9.44. The van der Waals surface area contributed by atoms with Crippen molar-refractivity contribution in [3.05, 3.63) is 84.1 Å². The maximum atomic E-state index is 12.9. The largest absolute Gasteiger partial charge is 0.493 e. The third-order valence-corrected chi connectivity index (χ3v) is 6.23. The Morgan fingerprint density at radius 3 is 2.42 bits per heavy atom. The lowest BCUT2D eigenvalue weighted by molar-refractivity contribution is -0.140. The van der Waals surface area contributed by atoms with Crippen LogP contribution in [0.1, 0.15) is 47.3 Å². The summed E-state index contributed by atoms with van der Waals surface area (Å²) in [5.74, 6) is -4.29. The van der Waals surface area contributed by atoms with Gasteiger partial charge in [-0.15, -0.1) is 0 Å². The molecule has 4 N–H and O–H groups in total. The summed E-state index contributed by atoms with van der Waals surface area (Å²) in [5, 5.41) is 26.6. The summed E-state index contributed by atoms with van der Waals surface area (Å²) >= 11 is 0. The van der Waals surface area contributed by atoms with Gasteiger partial charge in [-0.1, -0.05) is 49.4 Å². The highest BCUT2D eigenvalue weighted by atomic mass is 16.4. The van der Waals surface area contributed by atoms with Crippen molar-refractivity contribution in [3.63, 3.8) is 0 Å². The molecule has 2 heterocycles. The van der Waals surface area contributed by atoms with Gasteiger partial charge in [0, 0.05) is 30.5 Å². The van der Waals surface area contributed by atoms with Gasteiger partial charge in [0.25, 0.3) is 11.8 Å². The van der Waals surface area contributed by atoms with Crippen molar-refractivity contribution in [2.75, 3.05) is 6.54 Å². The van der Waals surface area contributed by atoms with Crippen LogP contribution in [0, 0.1) is 5.92 Å². The van der Waals surface area contributed by atoms with Gasteiger partial charge in [-0.05, 0) is 42.0 Å². The Morgan fingerprint density at radius 2 is 1.74 bits per heavy atom. The number of benzene rings is 2. The number of carbonyl (C=O) groups excluding carboxylic acids is 2. The minimum atomic E-state index is -1.07. The molecule has 10 nitrogen and oxygen atoms in total. The van der Waals surface area contributed by atoms with Gasteiger partial charge in [0.1, 0.15) is 5.56 Å². The molecular weight excluding hydrogens is 486 g/mol. The Morgan fingerprint density at radius 1 is 1.00 bits per heavy atom. The van der Waals surface area contributed by atoms with Crippen molar-refractivity contribution < 1.29 is 24.6 Å². The Kier molecular flexibility index (Phi) is 7.33. The number of aromatic nitrogens is 3. The molecule has 0 radical (unpaired) electrons. The highest BCUT2D eigenvalue weighted by molar-refractivity contribution is 5.98. The zero-order chi connectivity index (χ0) is 27.4. The highest BCUT2D eigenvalue weighted by Gasteiger charge is 2.26. The predicted octanol–water partition coefficient (Wildman–Crippen LogP) is 3.51. The predicted molar refractivity (Wildman–Crippen MR) is 141 cm³/mol. The van der Waals surface area contributed by atoms with Gasteiger partial charge in [-0.25, -0.2) is 4.98 Å². The molecule has 2 aromatic heterocycles. The summed E-state index contributed by atoms with van der Waals surface area (Å²) in [6.45, 7) is 4.95. The smallest absolute Gasteiger partial charge is 0.308 e. The van der Waals surface area contributed by atoms with Crippen LogP contribution in [0.4, 0.5) is 0 Å². The van der Waals surface area contributed by atoms with E-state index in [2.05, 4.69) is 25.6 Å². The van der Waals surface area contributed by atoms with E-state index in [1.54, 1.807) is 6.20 Å². The molecule has 2 aromatic carbocycles. The number of hydrogen-bond acceptors (Lipinski definition) is 7. The first-order valence-corrected chi connectivity index (χ1v) is 11.9. The summed E-state index contributed by atoms with van der Waals surface area (Å²) in [4.78, 5) is 47.8. The number of carbonyl (C=O) groups is 3. The Balaban J connectivity index is 1.47. The third kappa shape index (κ3) is 5.59. The minimum absolute atomic E-state index is 0.134. The number of fused-ring (bicyclic) bond motifs is 1. The molecule has 0 saturated carbocycles. The molecule has 0 fully saturated rings. The molecule has 0 aliphatic heterocycles. The van der Waals surface area contributed by atoms with Crippen LogP contribution in [-0.4, -0.2) is 49.5 Å². The lowest BCUT2D eigenvalue weighted by Crippen LogP contribution is -2.41. The van der Waals surface area contributed by atoms with Crippen molar-refractivity contribution in [2.24, 2.45) is 5.92 Å². The van der Waals surface area contributed by atoms with E-state index in [0.29, 0.717) is 0 Å². The third-order valence-electron chi connectivity index (χ3n) is 6.23. The lowest BCUT2D eigenvalue weighted by atomic mass is 9.91. The van der Waals surface area contributed by atoms with Gasteiger partial charge >= 0.3 is 5.97 Å². The maximum absolute atomic E-state index is 12.9. The van der Waals surface area contributed by atoms with E-state index in [1.165, 1.54) is 6.92 Å². The van der Waals surface area contributed by atoms with Crippen LogP contribution >= 0.6 is 0 Å². The number of aromatic hydroxyl groups is 1. The number of carboxylic acid groups (broad SMARTS) is 1. The quantitative estimate of drug-likeness (QED) is 0.279. The molecule has 0 spiro atoms. The van der Waals surface area contributed by atoms with Crippen LogP contribution in [0.5, 0.6) is 5.88 Å². The van der Waals surface area contributed by atoms with E-state index in [-0.39, 0.29) is 17.9 Å². The molecule has 4 aromatic rings. The molecular formula is C28H27N5O5. The van der Waals surface area contributed by atoms with Crippen molar-refractivity contribution in [1.82, 2.24) is 25.6 Å². The summed E-state index contributed by atoms with van der Waals surface area (Å²) in [6.07, 6.45) is 4.64. The standard InChI is InChI=1S/C28H27N5O5/c1-16(27(37)38)13-31-26(36)23-30-15-22(24(34)32-23)25(35)33-28(2,3)19-9-7-17(8-10-19)20-6-4-5-18-14-29-12-11-21(18)20/h4-12,14-16H,13H2,1-3H3,(H,31,36)(H,33,35)(H,37,38)(H,30,32,34). The topological polar surface area (TPSA) is 154 Å². The first kappa shape index (κ1) is 26.2. The number of aliphatic carboxylic acids is 1. The fourth-order valence-electron chi connectivity index (χ4n) is 3.92. The molecule has 0 aliphatic carbocycles. The first-order valence-electron chi connectivity index (χ1n) is 11.9. The molecule has 0 aliphatic rings. The monoisotopic (exact) mass is 513 g/mol.